The predicted molar refractivity (Wildman–Crippen MR) is 64.5 cm³/mol. The molecular formula is C12H19N3O3. The van der Waals surface area contributed by atoms with Crippen molar-refractivity contribution in [2.45, 2.75) is 38.2 Å². The highest BCUT2D eigenvalue weighted by atomic mass is 16.5. The van der Waals surface area contributed by atoms with Gasteiger partial charge in [0.1, 0.15) is 6.54 Å². The van der Waals surface area contributed by atoms with E-state index in [4.69, 9.17) is 10.00 Å². The number of nitriles is 1. The van der Waals surface area contributed by atoms with E-state index < -0.39 is 11.8 Å². The van der Waals surface area contributed by atoms with Crippen molar-refractivity contribution in [3.05, 3.63) is 0 Å². The van der Waals surface area contributed by atoms with Crippen LogP contribution in [0.5, 0.6) is 0 Å². The molecule has 18 heavy (non-hydrogen) atoms. The average Bonchev–Trinajstić information content (AvgIpc) is 2.41. The van der Waals surface area contributed by atoms with E-state index >= 15 is 0 Å². The Morgan fingerprint density at radius 1 is 1.17 bits per heavy atom. The maximum absolute atomic E-state index is 11.2. The van der Waals surface area contributed by atoms with Crippen LogP contribution in [0.25, 0.3) is 0 Å². The van der Waals surface area contributed by atoms with E-state index in [1.165, 1.54) is 19.3 Å². The molecule has 0 radical (unpaired) electrons. The molecule has 0 spiro atoms. The number of nitrogens with zero attached hydrogens (tertiary/aromatic N) is 1. The molecule has 1 rings (SSSR count). The molecule has 0 aromatic rings. The third kappa shape index (κ3) is 5.64. The number of ether oxygens (including phenoxy) is 1. The quantitative estimate of drug-likeness (QED) is 0.413. The van der Waals surface area contributed by atoms with Gasteiger partial charge in [-0.05, 0) is 12.8 Å². The summed E-state index contributed by atoms with van der Waals surface area (Å²) < 4.78 is 5.60. The van der Waals surface area contributed by atoms with Gasteiger partial charge in [-0.2, -0.15) is 5.26 Å². The maximum Gasteiger partial charge on any atom is 0.310 e. The standard InChI is InChI=1S/C12H19N3O3/c13-6-7-14-11(16)12(17)15-8-9-18-10-4-2-1-3-5-10/h10H,1-5,7-9H2,(H,14,16)(H,15,17). The van der Waals surface area contributed by atoms with Gasteiger partial charge < -0.3 is 15.4 Å². The van der Waals surface area contributed by atoms with Gasteiger partial charge in [-0.15, -0.1) is 0 Å². The lowest BCUT2D eigenvalue weighted by Gasteiger charge is -2.21. The smallest absolute Gasteiger partial charge is 0.310 e. The monoisotopic (exact) mass is 253 g/mol. The first-order valence-corrected chi connectivity index (χ1v) is 6.28. The van der Waals surface area contributed by atoms with Gasteiger partial charge in [0.15, 0.2) is 0 Å². The van der Waals surface area contributed by atoms with E-state index in [-0.39, 0.29) is 6.54 Å². The number of hydrogen-bond acceptors (Lipinski definition) is 4. The van der Waals surface area contributed by atoms with Crippen molar-refractivity contribution >= 4 is 11.8 Å². The molecule has 0 saturated heterocycles. The summed E-state index contributed by atoms with van der Waals surface area (Å²) in [6.45, 7) is 0.571. The lowest BCUT2D eigenvalue weighted by atomic mass is 9.98. The molecule has 0 unspecified atom stereocenters. The first-order chi connectivity index (χ1) is 8.74. The Labute approximate surface area is 107 Å². The second-order valence-corrected chi connectivity index (χ2v) is 4.23. The van der Waals surface area contributed by atoms with Crippen molar-refractivity contribution in [3.8, 4) is 6.07 Å². The number of nitrogens with one attached hydrogen (secondary N) is 2. The molecule has 0 atom stereocenters. The van der Waals surface area contributed by atoms with E-state index in [9.17, 15) is 9.59 Å². The first kappa shape index (κ1) is 14.5. The summed E-state index contributed by atoms with van der Waals surface area (Å²) in [6, 6.07) is 1.73. The highest BCUT2D eigenvalue weighted by molar-refractivity contribution is 6.35. The molecule has 6 heteroatoms. The van der Waals surface area contributed by atoms with Crippen molar-refractivity contribution in [2.24, 2.45) is 0 Å². The summed E-state index contributed by atoms with van der Waals surface area (Å²) in [5.74, 6) is -1.51. The van der Waals surface area contributed by atoms with E-state index in [2.05, 4.69) is 10.6 Å². The fraction of sp³-hybridized carbons (Fsp3) is 0.750. The zero-order valence-electron chi connectivity index (χ0n) is 10.4. The minimum Gasteiger partial charge on any atom is -0.376 e. The number of hydrogen-bond donors (Lipinski definition) is 2. The van der Waals surface area contributed by atoms with Crippen LogP contribution >= 0.6 is 0 Å². The first-order valence-electron chi connectivity index (χ1n) is 6.28. The normalized spacial score (nSPS) is 15.7. The van der Waals surface area contributed by atoms with Crippen molar-refractivity contribution in [2.75, 3.05) is 19.7 Å². The van der Waals surface area contributed by atoms with Gasteiger partial charge >= 0.3 is 11.8 Å². The van der Waals surface area contributed by atoms with Crippen LogP contribution in [0.2, 0.25) is 0 Å². The molecule has 0 heterocycles. The molecule has 100 valence electrons. The third-order valence-electron chi connectivity index (χ3n) is 2.83. The number of amides is 2. The van der Waals surface area contributed by atoms with E-state index in [0.717, 1.165) is 12.8 Å². The second kappa shape index (κ2) is 8.48. The summed E-state index contributed by atoms with van der Waals surface area (Å²) in [7, 11) is 0. The van der Waals surface area contributed by atoms with E-state index in [1.54, 1.807) is 6.07 Å². The number of carbonyl (C=O) groups is 2. The van der Waals surface area contributed by atoms with Crippen LogP contribution in [-0.2, 0) is 14.3 Å². The van der Waals surface area contributed by atoms with Crippen LogP contribution in [0.1, 0.15) is 32.1 Å². The summed E-state index contributed by atoms with van der Waals surface area (Å²) in [4.78, 5) is 22.3. The largest absolute Gasteiger partial charge is 0.376 e. The highest BCUT2D eigenvalue weighted by Gasteiger charge is 2.14. The van der Waals surface area contributed by atoms with Crippen LogP contribution in [0.15, 0.2) is 0 Å². The van der Waals surface area contributed by atoms with Gasteiger partial charge in [0.25, 0.3) is 0 Å². The van der Waals surface area contributed by atoms with Crippen molar-refractivity contribution in [3.63, 3.8) is 0 Å². The predicted octanol–water partition coefficient (Wildman–Crippen LogP) is 0.0917. The molecule has 0 aromatic carbocycles. The Balaban J connectivity index is 2.04. The molecule has 6 nitrogen and oxygen atoms in total. The fourth-order valence-corrected chi connectivity index (χ4v) is 1.90. The van der Waals surface area contributed by atoms with Crippen LogP contribution in [0.4, 0.5) is 0 Å². The summed E-state index contributed by atoms with van der Waals surface area (Å²) in [6.07, 6.45) is 6.13. The van der Waals surface area contributed by atoms with Gasteiger partial charge in [0.2, 0.25) is 0 Å². The fourth-order valence-electron chi connectivity index (χ4n) is 1.90. The Morgan fingerprint density at radius 3 is 2.50 bits per heavy atom. The molecule has 1 aliphatic rings. The third-order valence-corrected chi connectivity index (χ3v) is 2.83. The Bertz CT molecular complexity index is 319. The van der Waals surface area contributed by atoms with Crippen LogP contribution in [-0.4, -0.2) is 37.6 Å². The van der Waals surface area contributed by atoms with Crippen LogP contribution in [0, 0.1) is 11.3 Å². The summed E-state index contributed by atoms with van der Waals surface area (Å²) in [5.41, 5.74) is 0. The van der Waals surface area contributed by atoms with E-state index in [1.807, 2.05) is 0 Å². The molecule has 0 aliphatic heterocycles. The Hall–Kier alpha value is -1.61. The van der Waals surface area contributed by atoms with Gasteiger partial charge in [0.05, 0.1) is 18.8 Å². The lowest BCUT2D eigenvalue weighted by molar-refractivity contribution is -0.139. The summed E-state index contributed by atoms with van der Waals surface area (Å²) in [5, 5.41) is 12.9. The highest BCUT2D eigenvalue weighted by Crippen LogP contribution is 2.19. The van der Waals surface area contributed by atoms with Crippen LogP contribution in [0.3, 0.4) is 0 Å². The minimum absolute atomic E-state index is 0.162. The van der Waals surface area contributed by atoms with Crippen LogP contribution < -0.4 is 10.6 Å². The van der Waals surface area contributed by atoms with Gasteiger partial charge in [0, 0.05) is 6.54 Å². The maximum atomic E-state index is 11.2. The van der Waals surface area contributed by atoms with Gasteiger partial charge in [-0.25, -0.2) is 0 Å². The van der Waals surface area contributed by atoms with Gasteiger partial charge in [-0.1, -0.05) is 19.3 Å². The molecule has 1 fully saturated rings. The summed E-state index contributed by atoms with van der Waals surface area (Å²) >= 11 is 0. The van der Waals surface area contributed by atoms with Gasteiger partial charge in [-0.3, -0.25) is 9.59 Å². The molecule has 0 aromatic heterocycles. The molecule has 1 saturated carbocycles. The molecular weight excluding hydrogens is 234 g/mol. The number of carbonyl (C=O) groups excluding carboxylic acids is 2. The zero-order chi connectivity index (χ0) is 13.2. The minimum atomic E-state index is -0.783. The molecule has 2 amide bonds. The molecule has 2 N–H and O–H groups in total. The SMILES string of the molecule is N#CCNC(=O)C(=O)NCCOC1CCCCC1. The molecule has 0 bridgehead atoms. The van der Waals surface area contributed by atoms with Crippen molar-refractivity contribution < 1.29 is 14.3 Å². The topological polar surface area (TPSA) is 91.2 Å². The van der Waals surface area contributed by atoms with Crippen molar-refractivity contribution in [1.29, 1.82) is 5.26 Å². The number of rotatable bonds is 5. The molecule has 1 aliphatic carbocycles. The lowest BCUT2D eigenvalue weighted by Crippen LogP contribution is -2.41. The second-order valence-electron chi connectivity index (χ2n) is 4.23. The Kier molecular flexibility index (Phi) is 6.81. The van der Waals surface area contributed by atoms with Crippen molar-refractivity contribution in [1.82, 2.24) is 10.6 Å². The Morgan fingerprint density at radius 2 is 1.83 bits per heavy atom. The van der Waals surface area contributed by atoms with E-state index in [0.29, 0.717) is 19.3 Å². The zero-order valence-corrected chi connectivity index (χ0v) is 10.4. The average molecular weight is 253 g/mol.